The van der Waals surface area contributed by atoms with Crippen molar-refractivity contribution < 1.29 is 27.8 Å². The van der Waals surface area contributed by atoms with Gasteiger partial charge in [-0.3, -0.25) is 4.79 Å². The van der Waals surface area contributed by atoms with Gasteiger partial charge in [-0.05, 0) is 57.4 Å². The van der Waals surface area contributed by atoms with E-state index in [2.05, 4.69) is 10.3 Å². The molecule has 1 aliphatic rings. The quantitative estimate of drug-likeness (QED) is 0.622. The summed E-state index contributed by atoms with van der Waals surface area (Å²) in [6.07, 6.45) is -3.42. The summed E-state index contributed by atoms with van der Waals surface area (Å²) >= 11 is 7.39. The van der Waals surface area contributed by atoms with Crippen molar-refractivity contribution >= 4 is 28.8 Å². The molecule has 1 atom stereocenters. The van der Waals surface area contributed by atoms with Crippen molar-refractivity contribution in [1.29, 1.82) is 0 Å². The maximum absolute atomic E-state index is 12.7. The van der Waals surface area contributed by atoms with Gasteiger partial charge in [-0.1, -0.05) is 11.6 Å². The van der Waals surface area contributed by atoms with Crippen molar-refractivity contribution in [2.24, 2.45) is 0 Å². The first-order chi connectivity index (χ1) is 13.8. The average Bonchev–Trinajstić information content (AvgIpc) is 3.28. The Morgan fingerprint density at radius 3 is 2.53 bits per heavy atom. The number of aryl methyl sites for hydroxylation is 2. The second kappa shape index (κ2) is 8.01. The second-order valence-corrected chi connectivity index (χ2v) is 9.45. The van der Waals surface area contributed by atoms with Crippen LogP contribution in [0.15, 0.2) is 18.2 Å². The number of halogens is 4. The minimum absolute atomic E-state index is 0.0156. The Hall–Kier alpha value is -1.84. The summed E-state index contributed by atoms with van der Waals surface area (Å²) < 4.78 is 42.1. The van der Waals surface area contributed by atoms with Gasteiger partial charge in [-0.15, -0.1) is 11.3 Å². The number of aliphatic hydroxyl groups is 1. The van der Waals surface area contributed by atoms with Gasteiger partial charge in [-0.25, -0.2) is 4.98 Å². The number of carbonyl (C=O) groups excluding carboxylic acids is 1. The maximum atomic E-state index is 12.7. The van der Waals surface area contributed by atoms with Crippen LogP contribution >= 0.6 is 22.9 Å². The zero-order chi connectivity index (χ0) is 22.3. The Bertz CT molecular complexity index is 955. The highest BCUT2D eigenvalue weighted by Gasteiger charge is 2.47. The van der Waals surface area contributed by atoms with Crippen LogP contribution in [0.25, 0.3) is 0 Å². The Labute approximate surface area is 181 Å². The lowest BCUT2D eigenvalue weighted by molar-refractivity contribution is -0.153. The lowest BCUT2D eigenvalue weighted by Crippen LogP contribution is -2.39. The minimum atomic E-state index is -4.47. The van der Waals surface area contributed by atoms with E-state index in [-0.39, 0.29) is 23.1 Å². The van der Waals surface area contributed by atoms with Crippen LogP contribution < -0.4 is 10.1 Å². The summed E-state index contributed by atoms with van der Waals surface area (Å²) in [6, 6.07) is 4.36. The standard InChI is InChI=1S/C20H22ClF3N2O3S/c1-11-17(30-12(2)25-11)18(3,28)9-16(27)26-19(4-5-19)13-6-14(21)8-15(7-13)29-10-20(22,23)24/h6-8,28H,4-5,9-10H2,1-3H3,(H,26,27)/t18-/m1/s1. The molecule has 0 aliphatic heterocycles. The number of thiazole rings is 1. The van der Waals surface area contributed by atoms with Gasteiger partial charge in [0.15, 0.2) is 6.61 Å². The summed E-state index contributed by atoms with van der Waals surface area (Å²) in [4.78, 5) is 17.6. The van der Waals surface area contributed by atoms with Crippen molar-refractivity contribution in [3.63, 3.8) is 0 Å². The molecule has 30 heavy (non-hydrogen) atoms. The van der Waals surface area contributed by atoms with E-state index in [0.717, 1.165) is 5.01 Å². The fraction of sp³-hybridized carbons (Fsp3) is 0.500. The predicted octanol–water partition coefficient (Wildman–Crippen LogP) is 4.76. The Balaban J connectivity index is 1.73. The molecule has 2 aromatic rings. The maximum Gasteiger partial charge on any atom is 0.422 e. The molecule has 164 valence electrons. The molecule has 0 radical (unpaired) electrons. The predicted molar refractivity (Wildman–Crippen MR) is 108 cm³/mol. The molecule has 0 spiro atoms. The smallest absolute Gasteiger partial charge is 0.422 e. The van der Waals surface area contributed by atoms with E-state index in [4.69, 9.17) is 16.3 Å². The van der Waals surface area contributed by atoms with Gasteiger partial charge >= 0.3 is 6.18 Å². The number of alkyl halides is 3. The Morgan fingerprint density at radius 1 is 1.33 bits per heavy atom. The summed E-state index contributed by atoms with van der Waals surface area (Å²) in [5.41, 5.74) is -0.860. The molecular formula is C20H22ClF3N2O3S. The Morgan fingerprint density at radius 2 is 2.00 bits per heavy atom. The second-order valence-electron chi connectivity index (χ2n) is 7.81. The summed E-state index contributed by atoms with van der Waals surface area (Å²) in [6.45, 7) is 3.74. The molecule has 1 fully saturated rings. The van der Waals surface area contributed by atoms with E-state index in [1.807, 2.05) is 6.92 Å². The SMILES string of the molecule is Cc1nc(C)c([C@](C)(O)CC(=O)NC2(c3cc(Cl)cc(OCC(F)(F)F)c3)CC2)s1. The molecule has 1 saturated carbocycles. The first-order valence-electron chi connectivity index (χ1n) is 9.28. The summed E-state index contributed by atoms with van der Waals surface area (Å²) in [5.74, 6) is -0.390. The number of hydrogen-bond donors (Lipinski definition) is 2. The molecular weight excluding hydrogens is 441 g/mol. The van der Waals surface area contributed by atoms with Crippen LogP contribution in [-0.4, -0.2) is 28.8 Å². The van der Waals surface area contributed by atoms with E-state index in [0.29, 0.717) is 29.0 Å². The third-order valence-electron chi connectivity index (χ3n) is 4.85. The molecule has 1 aromatic carbocycles. The van der Waals surface area contributed by atoms with Crippen LogP contribution in [-0.2, 0) is 15.9 Å². The highest BCUT2D eigenvalue weighted by Crippen LogP contribution is 2.47. The van der Waals surface area contributed by atoms with Crippen LogP contribution in [0, 0.1) is 13.8 Å². The molecule has 5 nitrogen and oxygen atoms in total. The third kappa shape index (κ3) is 5.44. The highest BCUT2D eigenvalue weighted by atomic mass is 35.5. The highest BCUT2D eigenvalue weighted by molar-refractivity contribution is 7.11. The average molecular weight is 463 g/mol. The van der Waals surface area contributed by atoms with E-state index in [1.54, 1.807) is 19.9 Å². The van der Waals surface area contributed by atoms with Gasteiger partial charge in [-0.2, -0.15) is 13.2 Å². The molecule has 0 unspecified atom stereocenters. The molecule has 2 N–H and O–H groups in total. The fourth-order valence-corrected chi connectivity index (χ4v) is 4.62. The number of hydrogen-bond acceptors (Lipinski definition) is 5. The largest absolute Gasteiger partial charge is 0.484 e. The van der Waals surface area contributed by atoms with Gasteiger partial charge in [0.2, 0.25) is 5.91 Å². The van der Waals surface area contributed by atoms with Gasteiger partial charge in [0.1, 0.15) is 11.4 Å². The monoisotopic (exact) mass is 462 g/mol. The number of ether oxygens (including phenoxy) is 1. The number of aromatic nitrogens is 1. The molecule has 1 aliphatic carbocycles. The van der Waals surface area contributed by atoms with Crippen molar-refractivity contribution in [1.82, 2.24) is 10.3 Å². The van der Waals surface area contributed by atoms with Crippen molar-refractivity contribution in [2.45, 2.75) is 57.3 Å². The number of rotatable bonds is 7. The van der Waals surface area contributed by atoms with E-state index < -0.39 is 23.9 Å². The number of amides is 1. The molecule has 1 amide bonds. The third-order valence-corrected chi connectivity index (χ3v) is 6.40. The summed E-state index contributed by atoms with van der Waals surface area (Å²) in [7, 11) is 0. The van der Waals surface area contributed by atoms with Gasteiger partial charge in [0.25, 0.3) is 0 Å². The number of nitrogens with one attached hydrogen (secondary N) is 1. The van der Waals surface area contributed by atoms with Crippen LogP contribution in [0.3, 0.4) is 0 Å². The minimum Gasteiger partial charge on any atom is -0.484 e. The first kappa shape index (κ1) is 22.8. The van der Waals surface area contributed by atoms with Crippen LogP contribution in [0.2, 0.25) is 5.02 Å². The molecule has 0 bridgehead atoms. The number of carbonyl (C=O) groups is 1. The molecule has 1 heterocycles. The van der Waals surface area contributed by atoms with Gasteiger partial charge in [0.05, 0.1) is 27.5 Å². The number of benzene rings is 1. The first-order valence-corrected chi connectivity index (χ1v) is 10.5. The van der Waals surface area contributed by atoms with Crippen molar-refractivity contribution in [2.75, 3.05) is 6.61 Å². The van der Waals surface area contributed by atoms with Crippen LogP contribution in [0.5, 0.6) is 5.75 Å². The zero-order valence-electron chi connectivity index (χ0n) is 16.7. The molecule has 3 rings (SSSR count). The zero-order valence-corrected chi connectivity index (χ0v) is 18.3. The van der Waals surface area contributed by atoms with Crippen molar-refractivity contribution in [3.05, 3.63) is 44.4 Å². The van der Waals surface area contributed by atoms with E-state index in [9.17, 15) is 23.1 Å². The lowest BCUT2D eigenvalue weighted by Gasteiger charge is -2.25. The number of nitrogens with zero attached hydrogens (tertiary/aromatic N) is 1. The topological polar surface area (TPSA) is 71.5 Å². The van der Waals surface area contributed by atoms with Gasteiger partial charge < -0.3 is 15.2 Å². The fourth-order valence-electron chi connectivity index (χ4n) is 3.43. The van der Waals surface area contributed by atoms with Gasteiger partial charge in [0, 0.05) is 5.02 Å². The van der Waals surface area contributed by atoms with Crippen LogP contribution in [0.1, 0.15) is 47.3 Å². The van der Waals surface area contributed by atoms with E-state index in [1.165, 1.54) is 23.5 Å². The lowest BCUT2D eigenvalue weighted by atomic mass is 9.97. The van der Waals surface area contributed by atoms with E-state index >= 15 is 0 Å². The molecule has 0 saturated heterocycles. The normalized spacial score (nSPS) is 17.3. The molecule has 10 heteroatoms. The van der Waals surface area contributed by atoms with Crippen LogP contribution in [0.4, 0.5) is 13.2 Å². The summed E-state index contributed by atoms with van der Waals surface area (Å²) in [5, 5.41) is 14.8. The van der Waals surface area contributed by atoms with Crippen molar-refractivity contribution in [3.8, 4) is 5.75 Å². The molecule has 1 aromatic heterocycles. The Kier molecular flexibility index (Phi) is 6.10.